The third-order valence-electron chi connectivity index (χ3n) is 4.22. The molecule has 0 bridgehead atoms. The topological polar surface area (TPSA) is 87.2 Å². The molecule has 0 radical (unpaired) electrons. The predicted octanol–water partition coefficient (Wildman–Crippen LogP) is -0.0370. The first-order valence-electron chi connectivity index (χ1n) is 7.55. The van der Waals surface area contributed by atoms with Crippen molar-refractivity contribution in [2.24, 2.45) is 5.92 Å². The summed E-state index contributed by atoms with van der Waals surface area (Å²) in [5.41, 5.74) is 0. The van der Waals surface area contributed by atoms with Crippen LogP contribution in [0, 0.1) is 5.92 Å². The van der Waals surface area contributed by atoms with E-state index in [1.54, 1.807) is 6.92 Å². The lowest BCUT2D eigenvalue weighted by atomic mass is 10.00. The van der Waals surface area contributed by atoms with Crippen molar-refractivity contribution >= 4 is 16.2 Å². The number of carbonyl (C=O) groups excluding carboxylic acids is 1. The maximum Gasteiger partial charge on any atom is 0.324 e. The molecule has 1 atom stereocenters. The van der Waals surface area contributed by atoms with Crippen LogP contribution < -0.4 is 0 Å². The van der Waals surface area contributed by atoms with Gasteiger partial charge in [0, 0.05) is 26.2 Å². The molecular weight excluding hydrogens is 296 g/mol. The van der Waals surface area contributed by atoms with Crippen molar-refractivity contribution in [2.75, 3.05) is 32.8 Å². The van der Waals surface area contributed by atoms with Gasteiger partial charge in [-0.15, -0.1) is 0 Å². The first-order valence-corrected chi connectivity index (χ1v) is 8.94. The molecule has 2 saturated heterocycles. The first-order chi connectivity index (χ1) is 10.0. The smallest absolute Gasteiger partial charge is 0.324 e. The van der Waals surface area contributed by atoms with Gasteiger partial charge in [0.05, 0.1) is 6.61 Å². The lowest BCUT2D eigenvalue weighted by Gasteiger charge is -2.34. The van der Waals surface area contributed by atoms with Gasteiger partial charge < -0.3 is 9.84 Å². The molecule has 2 aliphatic heterocycles. The van der Waals surface area contributed by atoms with Crippen LogP contribution in [0.5, 0.6) is 0 Å². The van der Waals surface area contributed by atoms with E-state index in [9.17, 15) is 13.2 Å². The molecule has 0 spiro atoms. The number of hydrogen-bond donors (Lipinski definition) is 1. The fraction of sp³-hybridized carbons (Fsp3) is 0.923. The van der Waals surface area contributed by atoms with Crippen molar-refractivity contribution in [3.05, 3.63) is 0 Å². The van der Waals surface area contributed by atoms with Gasteiger partial charge >= 0.3 is 5.97 Å². The monoisotopic (exact) mass is 320 g/mol. The molecule has 21 heavy (non-hydrogen) atoms. The Kier molecular flexibility index (Phi) is 5.59. The van der Waals surface area contributed by atoms with E-state index in [0.29, 0.717) is 45.3 Å². The summed E-state index contributed by atoms with van der Waals surface area (Å²) < 4.78 is 33.1. The fourth-order valence-electron chi connectivity index (χ4n) is 2.96. The first kappa shape index (κ1) is 16.7. The molecule has 8 heteroatoms. The van der Waals surface area contributed by atoms with Crippen LogP contribution in [-0.2, 0) is 19.7 Å². The maximum atomic E-state index is 12.7. The lowest BCUT2D eigenvalue weighted by molar-refractivity contribution is -0.146. The number of aliphatic hydroxyl groups is 1. The number of rotatable bonds is 5. The summed E-state index contributed by atoms with van der Waals surface area (Å²) >= 11 is 0. The van der Waals surface area contributed by atoms with Crippen LogP contribution in [0.3, 0.4) is 0 Å². The van der Waals surface area contributed by atoms with Crippen molar-refractivity contribution in [2.45, 2.75) is 38.6 Å². The van der Waals surface area contributed by atoms with E-state index in [4.69, 9.17) is 9.84 Å². The van der Waals surface area contributed by atoms with Crippen LogP contribution >= 0.6 is 0 Å². The molecule has 2 fully saturated rings. The number of ether oxygens (including phenoxy) is 1. The maximum absolute atomic E-state index is 12.7. The van der Waals surface area contributed by atoms with Gasteiger partial charge in [-0.1, -0.05) is 0 Å². The van der Waals surface area contributed by atoms with E-state index < -0.39 is 22.2 Å². The van der Waals surface area contributed by atoms with Gasteiger partial charge in [0.15, 0.2) is 0 Å². The number of nitrogens with zero attached hydrogens (tertiary/aromatic N) is 2. The Morgan fingerprint density at radius 2 is 1.90 bits per heavy atom. The molecule has 0 amide bonds. The van der Waals surface area contributed by atoms with Gasteiger partial charge in [0.1, 0.15) is 6.04 Å². The highest BCUT2D eigenvalue weighted by Gasteiger charge is 2.43. The Labute approximate surface area is 126 Å². The number of aliphatic hydroxyl groups excluding tert-OH is 1. The Hall–Kier alpha value is -0.700. The van der Waals surface area contributed by atoms with Crippen LogP contribution in [0.1, 0.15) is 32.6 Å². The Morgan fingerprint density at radius 3 is 2.48 bits per heavy atom. The summed E-state index contributed by atoms with van der Waals surface area (Å²) in [5.74, 6) is -0.278. The highest BCUT2D eigenvalue weighted by molar-refractivity contribution is 7.86. The summed E-state index contributed by atoms with van der Waals surface area (Å²) in [6, 6.07) is -0.689. The summed E-state index contributed by atoms with van der Waals surface area (Å²) in [4.78, 5) is 11.9. The minimum atomic E-state index is -3.62. The summed E-state index contributed by atoms with van der Waals surface area (Å²) in [6.45, 7) is 3.24. The number of hydrogen-bond acceptors (Lipinski definition) is 5. The average Bonchev–Trinajstić information content (AvgIpc) is 2.98. The molecule has 2 rings (SSSR count). The van der Waals surface area contributed by atoms with Crippen LogP contribution in [0.15, 0.2) is 0 Å². The third kappa shape index (κ3) is 3.56. The van der Waals surface area contributed by atoms with Gasteiger partial charge in [0.2, 0.25) is 0 Å². The van der Waals surface area contributed by atoms with Crippen LogP contribution in [0.25, 0.3) is 0 Å². The van der Waals surface area contributed by atoms with Crippen molar-refractivity contribution in [3.8, 4) is 0 Å². The predicted molar refractivity (Wildman–Crippen MR) is 76.7 cm³/mol. The quantitative estimate of drug-likeness (QED) is 0.719. The minimum absolute atomic E-state index is 0.100. The van der Waals surface area contributed by atoms with E-state index >= 15 is 0 Å². The molecule has 0 aromatic rings. The Balaban J connectivity index is 2.06. The summed E-state index contributed by atoms with van der Waals surface area (Å²) in [7, 11) is -3.62. The highest BCUT2D eigenvalue weighted by atomic mass is 32.2. The van der Waals surface area contributed by atoms with E-state index in [2.05, 4.69) is 0 Å². The fourth-order valence-corrected chi connectivity index (χ4v) is 4.80. The van der Waals surface area contributed by atoms with Crippen LogP contribution in [-0.4, -0.2) is 67.0 Å². The van der Waals surface area contributed by atoms with Gasteiger partial charge in [-0.05, 0) is 38.5 Å². The molecule has 7 nitrogen and oxygen atoms in total. The molecule has 1 N–H and O–H groups in total. The molecule has 122 valence electrons. The molecule has 2 heterocycles. The highest BCUT2D eigenvalue weighted by Crippen LogP contribution is 2.27. The van der Waals surface area contributed by atoms with Crippen molar-refractivity contribution < 1.29 is 23.1 Å². The second-order valence-electron chi connectivity index (χ2n) is 5.55. The zero-order chi connectivity index (χ0) is 15.5. The standard InChI is InChI=1S/C13H24N2O5S/c1-2-20-13(17)12-4-3-7-15(12)21(18,19)14-8-5-11(10-16)6-9-14/h11-12,16H,2-10H2,1H3. The number of piperidine rings is 1. The van der Waals surface area contributed by atoms with Gasteiger partial charge in [-0.25, -0.2) is 0 Å². The van der Waals surface area contributed by atoms with E-state index in [-0.39, 0.29) is 19.1 Å². The van der Waals surface area contributed by atoms with Crippen LogP contribution in [0.4, 0.5) is 0 Å². The molecule has 2 aliphatic rings. The SMILES string of the molecule is CCOC(=O)C1CCCN1S(=O)(=O)N1CCC(CO)CC1. The second-order valence-corrected chi connectivity index (χ2v) is 7.43. The molecule has 1 unspecified atom stereocenters. The molecule has 0 aliphatic carbocycles. The molecular formula is C13H24N2O5S. The van der Waals surface area contributed by atoms with E-state index in [1.807, 2.05) is 0 Å². The molecule has 0 aromatic heterocycles. The number of esters is 1. The van der Waals surface area contributed by atoms with Crippen molar-refractivity contribution in [1.29, 1.82) is 0 Å². The van der Waals surface area contributed by atoms with E-state index in [0.717, 1.165) is 0 Å². The lowest BCUT2D eigenvalue weighted by Crippen LogP contribution is -2.51. The molecule has 0 aromatic carbocycles. The normalized spacial score (nSPS) is 26.1. The van der Waals surface area contributed by atoms with E-state index in [1.165, 1.54) is 8.61 Å². The van der Waals surface area contributed by atoms with Crippen molar-refractivity contribution in [3.63, 3.8) is 0 Å². The largest absolute Gasteiger partial charge is 0.465 e. The zero-order valence-electron chi connectivity index (χ0n) is 12.4. The summed E-state index contributed by atoms with van der Waals surface area (Å²) in [5, 5.41) is 9.13. The third-order valence-corrected chi connectivity index (χ3v) is 6.26. The second kappa shape index (κ2) is 7.04. The Bertz CT molecular complexity index is 459. The minimum Gasteiger partial charge on any atom is -0.465 e. The number of carbonyl (C=O) groups is 1. The van der Waals surface area contributed by atoms with Gasteiger partial charge in [0.25, 0.3) is 10.2 Å². The van der Waals surface area contributed by atoms with Crippen molar-refractivity contribution in [1.82, 2.24) is 8.61 Å². The van der Waals surface area contributed by atoms with Gasteiger partial charge in [-0.2, -0.15) is 17.0 Å². The summed E-state index contributed by atoms with van der Waals surface area (Å²) in [6.07, 6.45) is 2.52. The van der Waals surface area contributed by atoms with Crippen LogP contribution in [0.2, 0.25) is 0 Å². The average molecular weight is 320 g/mol. The zero-order valence-corrected chi connectivity index (χ0v) is 13.2. The molecule has 0 saturated carbocycles. The Morgan fingerprint density at radius 1 is 1.24 bits per heavy atom. The van der Waals surface area contributed by atoms with Gasteiger partial charge in [-0.3, -0.25) is 4.79 Å².